The Bertz CT molecular complexity index is 1120. The Labute approximate surface area is 177 Å². The van der Waals surface area contributed by atoms with Gasteiger partial charge in [0.05, 0.1) is 11.9 Å². The predicted molar refractivity (Wildman–Crippen MR) is 108 cm³/mol. The third-order valence-corrected chi connectivity index (χ3v) is 6.54. The van der Waals surface area contributed by atoms with Gasteiger partial charge in [0.2, 0.25) is 0 Å². The number of aromatic nitrogens is 3. The van der Waals surface area contributed by atoms with Gasteiger partial charge in [0.15, 0.2) is 5.65 Å². The summed E-state index contributed by atoms with van der Waals surface area (Å²) in [5.41, 5.74) is 0.545. The molecular weight excluding hydrogens is 407 g/mol. The van der Waals surface area contributed by atoms with E-state index in [0.29, 0.717) is 17.6 Å². The highest BCUT2D eigenvalue weighted by Gasteiger charge is 2.39. The van der Waals surface area contributed by atoms with Crippen molar-refractivity contribution in [2.24, 2.45) is 0 Å². The molecule has 2 saturated heterocycles. The van der Waals surface area contributed by atoms with Crippen molar-refractivity contribution in [2.45, 2.75) is 50.2 Å². The summed E-state index contributed by atoms with van der Waals surface area (Å²) in [4.78, 5) is 19.8. The molecule has 2 unspecified atom stereocenters. The molecule has 4 heterocycles. The highest BCUT2D eigenvalue weighted by molar-refractivity contribution is 6.00. The Morgan fingerprint density at radius 3 is 2.48 bits per heavy atom. The van der Waals surface area contributed by atoms with Gasteiger partial charge in [-0.25, -0.2) is 22.7 Å². The molecule has 0 spiro atoms. The zero-order chi connectivity index (χ0) is 21.7. The average Bonchev–Trinajstić information content (AvgIpc) is 3.24. The first-order valence-electron chi connectivity index (χ1n) is 10.4. The minimum Gasteiger partial charge on any atom is -0.349 e. The number of alkyl halides is 2. The van der Waals surface area contributed by atoms with E-state index in [1.807, 2.05) is 0 Å². The van der Waals surface area contributed by atoms with Crippen LogP contribution in [0.15, 0.2) is 36.5 Å². The number of fused-ring (bicyclic) bond motifs is 3. The fourth-order valence-corrected chi connectivity index (χ4v) is 4.86. The number of benzene rings is 1. The van der Waals surface area contributed by atoms with Gasteiger partial charge in [0.25, 0.3) is 12.3 Å². The molecule has 2 aliphatic heterocycles. The fourth-order valence-electron chi connectivity index (χ4n) is 4.86. The number of nitrogens with one attached hydrogen (secondary N) is 1. The zero-order valence-corrected chi connectivity index (χ0v) is 16.9. The van der Waals surface area contributed by atoms with Gasteiger partial charge in [0.1, 0.15) is 17.1 Å². The third kappa shape index (κ3) is 3.56. The van der Waals surface area contributed by atoms with Crippen LogP contribution in [0.3, 0.4) is 0 Å². The van der Waals surface area contributed by atoms with Gasteiger partial charge in [-0.05, 0) is 63.1 Å². The topological polar surface area (TPSA) is 62.5 Å². The maximum Gasteiger partial charge on any atom is 0.280 e. The fraction of sp³-hybridized carbons (Fsp3) is 0.409. The van der Waals surface area contributed by atoms with E-state index in [1.165, 1.54) is 36.5 Å². The van der Waals surface area contributed by atoms with Crippen molar-refractivity contribution in [3.05, 3.63) is 53.6 Å². The van der Waals surface area contributed by atoms with Crippen LogP contribution in [-0.2, 0) is 0 Å². The third-order valence-electron chi connectivity index (χ3n) is 6.54. The Balaban J connectivity index is 1.49. The number of hydrogen-bond acceptors (Lipinski definition) is 4. The SMILES string of the molecule is CN1C2CCC1CC(NC(=O)c1cnn3c(C(F)F)cc(-c4ccc(F)cc4)nc13)C2. The lowest BCUT2D eigenvalue weighted by atomic mass is 9.98. The number of amides is 1. The summed E-state index contributed by atoms with van der Waals surface area (Å²) in [6.45, 7) is 0. The van der Waals surface area contributed by atoms with Gasteiger partial charge in [-0.1, -0.05) is 0 Å². The molecule has 1 N–H and O–H groups in total. The van der Waals surface area contributed by atoms with E-state index in [0.717, 1.165) is 30.2 Å². The van der Waals surface area contributed by atoms with E-state index in [2.05, 4.69) is 27.3 Å². The van der Waals surface area contributed by atoms with Gasteiger partial charge >= 0.3 is 0 Å². The van der Waals surface area contributed by atoms with Crippen molar-refractivity contribution in [3.8, 4) is 11.3 Å². The van der Waals surface area contributed by atoms with Gasteiger partial charge in [-0.2, -0.15) is 5.10 Å². The van der Waals surface area contributed by atoms with Crippen molar-refractivity contribution in [2.75, 3.05) is 7.05 Å². The molecule has 9 heteroatoms. The number of piperidine rings is 1. The molecule has 5 rings (SSSR count). The van der Waals surface area contributed by atoms with Crippen LogP contribution in [0.25, 0.3) is 16.9 Å². The monoisotopic (exact) mass is 429 g/mol. The lowest BCUT2D eigenvalue weighted by Gasteiger charge is -2.36. The van der Waals surface area contributed by atoms with Crippen molar-refractivity contribution >= 4 is 11.6 Å². The standard InChI is InChI=1S/C22H22F3N5O/c1-29-15-6-7-16(29)9-14(8-15)27-22(31)17-11-26-30-19(20(24)25)10-18(28-21(17)30)12-2-4-13(23)5-3-12/h2-5,10-11,14-16,20H,6-9H2,1H3,(H,27,31). The second-order valence-corrected chi connectivity index (χ2v) is 8.36. The van der Waals surface area contributed by atoms with Crippen LogP contribution < -0.4 is 5.32 Å². The molecule has 0 radical (unpaired) electrons. The minimum atomic E-state index is -2.81. The van der Waals surface area contributed by atoms with Crippen molar-refractivity contribution in [3.63, 3.8) is 0 Å². The van der Waals surface area contributed by atoms with Crippen molar-refractivity contribution in [1.29, 1.82) is 0 Å². The lowest BCUT2D eigenvalue weighted by molar-refractivity contribution is 0.0883. The molecular formula is C22H22F3N5O. The zero-order valence-electron chi connectivity index (χ0n) is 16.9. The number of nitrogens with zero attached hydrogens (tertiary/aromatic N) is 4. The maximum absolute atomic E-state index is 13.7. The quantitative estimate of drug-likeness (QED) is 0.685. The number of halogens is 3. The number of hydrogen-bond donors (Lipinski definition) is 1. The van der Waals surface area contributed by atoms with Crippen LogP contribution in [0, 0.1) is 5.82 Å². The van der Waals surface area contributed by atoms with E-state index < -0.39 is 12.2 Å². The largest absolute Gasteiger partial charge is 0.349 e. The summed E-state index contributed by atoms with van der Waals surface area (Å²) in [6, 6.07) is 7.58. The Morgan fingerprint density at radius 2 is 1.84 bits per heavy atom. The predicted octanol–water partition coefficient (Wildman–Crippen LogP) is 3.83. The highest BCUT2D eigenvalue weighted by atomic mass is 19.3. The molecule has 2 fully saturated rings. The first-order valence-corrected chi connectivity index (χ1v) is 10.4. The Morgan fingerprint density at radius 1 is 1.16 bits per heavy atom. The van der Waals surface area contributed by atoms with Gasteiger partial charge in [-0.3, -0.25) is 4.79 Å². The number of rotatable bonds is 4. The maximum atomic E-state index is 13.7. The van der Waals surface area contributed by atoms with E-state index >= 15 is 0 Å². The summed E-state index contributed by atoms with van der Waals surface area (Å²) in [5, 5.41) is 7.06. The van der Waals surface area contributed by atoms with Gasteiger partial charge in [-0.15, -0.1) is 0 Å². The molecule has 2 atom stereocenters. The van der Waals surface area contributed by atoms with Crippen LogP contribution >= 0.6 is 0 Å². The summed E-state index contributed by atoms with van der Waals surface area (Å²) >= 11 is 0. The molecule has 1 amide bonds. The molecule has 2 aliphatic rings. The van der Waals surface area contributed by atoms with Gasteiger partial charge < -0.3 is 10.2 Å². The molecule has 6 nitrogen and oxygen atoms in total. The molecule has 0 aliphatic carbocycles. The Hall–Kier alpha value is -2.94. The second kappa shape index (κ2) is 7.64. The van der Waals surface area contributed by atoms with Gasteiger partial charge in [0, 0.05) is 23.7 Å². The Kier molecular flexibility index (Phi) is 4.92. The summed E-state index contributed by atoms with van der Waals surface area (Å²) < 4.78 is 41.7. The van der Waals surface area contributed by atoms with Crippen LogP contribution in [0.5, 0.6) is 0 Å². The number of carbonyl (C=O) groups excluding carboxylic acids is 1. The van der Waals surface area contributed by atoms with E-state index in [1.54, 1.807) is 0 Å². The first-order chi connectivity index (χ1) is 14.9. The van der Waals surface area contributed by atoms with Crippen LogP contribution in [0.4, 0.5) is 13.2 Å². The minimum absolute atomic E-state index is 0.0333. The van der Waals surface area contributed by atoms with Crippen LogP contribution in [0.2, 0.25) is 0 Å². The highest BCUT2D eigenvalue weighted by Crippen LogP contribution is 2.34. The van der Waals surface area contributed by atoms with E-state index in [9.17, 15) is 18.0 Å². The molecule has 1 aromatic carbocycles. The smallest absolute Gasteiger partial charge is 0.280 e. The molecule has 162 valence electrons. The van der Waals surface area contributed by atoms with Crippen molar-refractivity contribution in [1.82, 2.24) is 24.8 Å². The first kappa shape index (κ1) is 20.0. The molecule has 0 saturated carbocycles. The normalized spacial score (nSPS) is 23.6. The number of carbonyl (C=O) groups is 1. The van der Waals surface area contributed by atoms with Crippen molar-refractivity contribution < 1.29 is 18.0 Å². The molecule has 3 aromatic rings. The van der Waals surface area contributed by atoms with E-state index in [-0.39, 0.29) is 34.5 Å². The summed E-state index contributed by atoms with van der Waals surface area (Å²) in [6.07, 6.45) is 2.46. The molecule has 2 bridgehead atoms. The van der Waals surface area contributed by atoms with Crippen LogP contribution in [0.1, 0.15) is 48.2 Å². The molecule has 31 heavy (non-hydrogen) atoms. The van der Waals surface area contributed by atoms with E-state index in [4.69, 9.17) is 0 Å². The average molecular weight is 429 g/mol. The lowest BCUT2D eigenvalue weighted by Crippen LogP contribution is -2.48. The van der Waals surface area contributed by atoms with Crippen LogP contribution in [-0.4, -0.2) is 50.6 Å². The summed E-state index contributed by atoms with van der Waals surface area (Å²) in [5.74, 6) is -0.802. The summed E-state index contributed by atoms with van der Waals surface area (Å²) in [7, 11) is 2.12. The second-order valence-electron chi connectivity index (χ2n) is 8.36. The molecule has 2 aromatic heterocycles.